The number of hydrogen-bond donors (Lipinski definition) is 3. The number of nitrogens with one attached hydrogen (secondary N) is 2. The SMILES string of the molecule is Cl.Cl.O=C(C=Cc1cnc(N[C@@H]2CCN(C3CCCC3)C2)c(Cl)c1)NO. The highest BCUT2D eigenvalue weighted by atomic mass is 35.5. The molecular weight excluding hydrogens is 399 g/mol. The van der Waals surface area contributed by atoms with E-state index in [1.807, 2.05) is 0 Å². The van der Waals surface area contributed by atoms with Gasteiger partial charge in [0.2, 0.25) is 0 Å². The van der Waals surface area contributed by atoms with Gasteiger partial charge in [-0.3, -0.25) is 14.9 Å². The molecule has 9 heteroatoms. The number of nitrogens with zero attached hydrogens (tertiary/aromatic N) is 2. The molecule has 1 saturated heterocycles. The maximum Gasteiger partial charge on any atom is 0.267 e. The third-order valence-corrected chi connectivity index (χ3v) is 5.09. The van der Waals surface area contributed by atoms with E-state index in [1.54, 1.807) is 23.8 Å². The first-order valence-corrected chi connectivity index (χ1v) is 8.82. The molecule has 2 heterocycles. The number of aromatic nitrogens is 1. The Labute approximate surface area is 171 Å². The number of amides is 1. The van der Waals surface area contributed by atoms with Gasteiger partial charge >= 0.3 is 0 Å². The van der Waals surface area contributed by atoms with E-state index in [0.717, 1.165) is 25.6 Å². The first-order valence-electron chi connectivity index (χ1n) is 8.44. The molecule has 3 N–H and O–H groups in total. The molecule has 0 bridgehead atoms. The normalized spacial score (nSPS) is 20.6. The van der Waals surface area contributed by atoms with Crippen LogP contribution in [0, 0.1) is 0 Å². The summed E-state index contributed by atoms with van der Waals surface area (Å²) >= 11 is 6.30. The van der Waals surface area contributed by atoms with Crippen molar-refractivity contribution >= 4 is 54.2 Å². The Bertz CT molecular complexity index is 624. The molecule has 0 aromatic carbocycles. The zero-order chi connectivity index (χ0) is 16.9. The summed E-state index contributed by atoms with van der Waals surface area (Å²) in [5.74, 6) is 0.0879. The molecule has 1 saturated carbocycles. The Morgan fingerprint density at radius 3 is 2.69 bits per heavy atom. The molecule has 2 aliphatic rings. The van der Waals surface area contributed by atoms with Crippen molar-refractivity contribution in [2.75, 3.05) is 18.4 Å². The Kier molecular flexibility index (Phi) is 9.68. The van der Waals surface area contributed by atoms with Gasteiger partial charge in [-0.25, -0.2) is 10.5 Å². The molecule has 1 aliphatic heterocycles. The fourth-order valence-corrected chi connectivity index (χ4v) is 3.79. The molecule has 2 fully saturated rings. The minimum absolute atomic E-state index is 0. The first kappa shape index (κ1) is 23.0. The number of hydrogen-bond acceptors (Lipinski definition) is 5. The van der Waals surface area contributed by atoms with Crippen LogP contribution in [0.5, 0.6) is 0 Å². The molecule has 146 valence electrons. The van der Waals surface area contributed by atoms with Crippen LogP contribution < -0.4 is 10.8 Å². The molecule has 1 amide bonds. The first-order chi connectivity index (χ1) is 11.7. The van der Waals surface area contributed by atoms with Gasteiger partial charge in [-0.1, -0.05) is 24.4 Å². The fourth-order valence-electron chi connectivity index (χ4n) is 3.56. The number of rotatable bonds is 5. The number of anilines is 1. The van der Waals surface area contributed by atoms with Gasteiger partial charge in [0.15, 0.2) is 0 Å². The Hall–Kier alpha value is -1.05. The summed E-state index contributed by atoms with van der Waals surface area (Å²) in [5.41, 5.74) is 2.24. The molecular formula is C17H25Cl3N4O2. The van der Waals surface area contributed by atoms with Crippen LogP contribution >= 0.6 is 36.4 Å². The molecule has 26 heavy (non-hydrogen) atoms. The molecule has 3 rings (SSSR count). The summed E-state index contributed by atoms with van der Waals surface area (Å²) in [6.45, 7) is 2.18. The summed E-state index contributed by atoms with van der Waals surface area (Å²) in [6, 6.07) is 2.88. The maximum absolute atomic E-state index is 11.0. The quantitative estimate of drug-likeness (QED) is 0.384. The van der Waals surface area contributed by atoms with Crippen molar-refractivity contribution < 1.29 is 10.0 Å². The monoisotopic (exact) mass is 422 g/mol. The lowest BCUT2D eigenvalue weighted by Crippen LogP contribution is -2.33. The number of likely N-dealkylation sites (tertiary alicyclic amines) is 1. The van der Waals surface area contributed by atoms with Gasteiger partial charge in [0.05, 0.1) is 5.02 Å². The molecule has 1 aromatic heterocycles. The summed E-state index contributed by atoms with van der Waals surface area (Å²) in [5, 5.41) is 12.4. The Balaban J connectivity index is 0.00000169. The second kappa shape index (κ2) is 10.9. The highest BCUT2D eigenvalue weighted by Crippen LogP contribution is 2.28. The van der Waals surface area contributed by atoms with Crippen LogP contribution in [-0.4, -0.2) is 46.2 Å². The number of carbonyl (C=O) groups excluding carboxylic acids is 1. The van der Waals surface area contributed by atoms with Crippen LogP contribution in [0.1, 0.15) is 37.7 Å². The second-order valence-electron chi connectivity index (χ2n) is 6.47. The van der Waals surface area contributed by atoms with Crippen LogP contribution in [-0.2, 0) is 4.79 Å². The van der Waals surface area contributed by atoms with Crippen LogP contribution in [0.25, 0.3) is 6.08 Å². The topological polar surface area (TPSA) is 77.5 Å². The maximum atomic E-state index is 11.0. The highest BCUT2D eigenvalue weighted by Gasteiger charge is 2.30. The molecule has 0 spiro atoms. The van der Waals surface area contributed by atoms with Crippen LogP contribution in [0.4, 0.5) is 5.82 Å². The molecule has 0 radical (unpaired) electrons. The summed E-state index contributed by atoms with van der Waals surface area (Å²) in [7, 11) is 0. The second-order valence-corrected chi connectivity index (χ2v) is 6.88. The van der Waals surface area contributed by atoms with Gasteiger partial charge in [-0.15, -0.1) is 24.8 Å². The van der Waals surface area contributed by atoms with E-state index in [4.69, 9.17) is 16.8 Å². The lowest BCUT2D eigenvalue weighted by Gasteiger charge is -2.23. The van der Waals surface area contributed by atoms with Crippen molar-refractivity contribution in [3.05, 3.63) is 28.9 Å². The van der Waals surface area contributed by atoms with Gasteiger partial charge in [0, 0.05) is 37.4 Å². The largest absolute Gasteiger partial charge is 0.365 e. The standard InChI is InChI=1S/C17H23ClN4O2.2ClH/c18-15-9-12(5-6-16(23)21-24)10-19-17(15)20-13-7-8-22(11-13)14-3-1-2-4-14;;/h5-6,9-10,13-14,24H,1-4,7-8,11H2,(H,19,20)(H,21,23);2*1H/t13-;;/m1../s1. The minimum atomic E-state index is -0.591. The van der Waals surface area contributed by atoms with Gasteiger partial charge in [0.25, 0.3) is 5.91 Å². The highest BCUT2D eigenvalue weighted by molar-refractivity contribution is 6.33. The lowest BCUT2D eigenvalue weighted by molar-refractivity contribution is -0.124. The zero-order valence-corrected chi connectivity index (χ0v) is 16.7. The van der Waals surface area contributed by atoms with Gasteiger partial charge < -0.3 is 5.32 Å². The number of hydroxylamine groups is 1. The van der Waals surface area contributed by atoms with E-state index in [0.29, 0.717) is 22.4 Å². The average Bonchev–Trinajstić information content (AvgIpc) is 3.26. The number of pyridine rings is 1. The van der Waals surface area contributed by atoms with Crippen molar-refractivity contribution in [2.45, 2.75) is 44.2 Å². The molecule has 1 aromatic rings. The van der Waals surface area contributed by atoms with Gasteiger partial charge in [-0.2, -0.15) is 0 Å². The Morgan fingerprint density at radius 2 is 2.04 bits per heavy atom. The lowest BCUT2D eigenvalue weighted by atomic mass is 10.2. The van der Waals surface area contributed by atoms with Crippen molar-refractivity contribution in [2.24, 2.45) is 0 Å². The number of carbonyl (C=O) groups is 1. The van der Waals surface area contributed by atoms with Gasteiger partial charge in [-0.05, 0) is 37.0 Å². The van der Waals surface area contributed by atoms with Crippen molar-refractivity contribution in [1.29, 1.82) is 0 Å². The third kappa shape index (κ3) is 5.99. The zero-order valence-electron chi connectivity index (χ0n) is 14.4. The van der Waals surface area contributed by atoms with Crippen molar-refractivity contribution in [3.8, 4) is 0 Å². The van der Waals surface area contributed by atoms with Crippen molar-refractivity contribution in [1.82, 2.24) is 15.4 Å². The van der Waals surface area contributed by atoms with E-state index in [-0.39, 0.29) is 24.8 Å². The van der Waals surface area contributed by atoms with E-state index in [2.05, 4.69) is 15.2 Å². The third-order valence-electron chi connectivity index (χ3n) is 4.80. The molecule has 6 nitrogen and oxygen atoms in total. The molecule has 1 atom stereocenters. The van der Waals surface area contributed by atoms with Crippen LogP contribution in [0.3, 0.4) is 0 Å². The smallest absolute Gasteiger partial charge is 0.267 e. The summed E-state index contributed by atoms with van der Waals surface area (Å²) in [4.78, 5) is 17.9. The predicted octanol–water partition coefficient (Wildman–Crippen LogP) is 3.53. The van der Waals surface area contributed by atoms with E-state index in [1.165, 1.54) is 31.8 Å². The van der Waals surface area contributed by atoms with E-state index in [9.17, 15) is 4.79 Å². The van der Waals surface area contributed by atoms with E-state index >= 15 is 0 Å². The predicted molar refractivity (Wildman–Crippen MR) is 109 cm³/mol. The summed E-state index contributed by atoms with van der Waals surface area (Å²) < 4.78 is 0. The number of halogens is 3. The Morgan fingerprint density at radius 1 is 1.31 bits per heavy atom. The summed E-state index contributed by atoms with van der Waals surface area (Å²) in [6.07, 6.45) is 10.9. The van der Waals surface area contributed by atoms with Crippen LogP contribution in [0.15, 0.2) is 18.3 Å². The average molecular weight is 424 g/mol. The van der Waals surface area contributed by atoms with Crippen LogP contribution in [0.2, 0.25) is 5.02 Å². The fraction of sp³-hybridized carbons (Fsp3) is 0.529. The molecule has 1 aliphatic carbocycles. The van der Waals surface area contributed by atoms with Crippen molar-refractivity contribution in [3.63, 3.8) is 0 Å². The molecule has 0 unspecified atom stereocenters. The van der Waals surface area contributed by atoms with E-state index < -0.39 is 5.91 Å². The van der Waals surface area contributed by atoms with Gasteiger partial charge in [0.1, 0.15) is 5.82 Å². The minimum Gasteiger partial charge on any atom is -0.365 e.